The topological polar surface area (TPSA) is 47.8 Å². The maximum atomic E-state index is 12.9. The zero-order valence-corrected chi connectivity index (χ0v) is 16.8. The summed E-state index contributed by atoms with van der Waals surface area (Å²) in [5.74, 6) is 0.694. The molecular weight excluding hydrogens is 382 g/mol. The van der Waals surface area contributed by atoms with E-state index in [1.165, 1.54) is 4.88 Å². The van der Waals surface area contributed by atoms with Crippen LogP contribution in [0, 0.1) is 0 Å². The molecule has 3 heterocycles. The highest BCUT2D eigenvalue weighted by atomic mass is 32.2. The first-order valence-electron chi connectivity index (χ1n) is 8.26. The van der Waals surface area contributed by atoms with Crippen molar-refractivity contribution in [2.45, 2.75) is 30.8 Å². The predicted molar refractivity (Wildman–Crippen MR) is 111 cm³/mol. The molecule has 4 aromatic rings. The average Bonchev–Trinajstić information content (AvgIpc) is 3.31. The van der Waals surface area contributed by atoms with Crippen LogP contribution in [0.3, 0.4) is 0 Å². The van der Waals surface area contributed by atoms with Gasteiger partial charge in [-0.15, -0.1) is 22.7 Å². The van der Waals surface area contributed by atoms with Gasteiger partial charge in [-0.25, -0.2) is 9.97 Å². The number of thiophene rings is 1. The Morgan fingerprint density at radius 2 is 1.96 bits per heavy atom. The van der Waals surface area contributed by atoms with E-state index in [0.717, 1.165) is 21.4 Å². The van der Waals surface area contributed by atoms with E-state index in [-0.39, 0.29) is 11.6 Å². The van der Waals surface area contributed by atoms with Crippen LogP contribution >= 0.6 is 34.4 Å². The maximum Gasteiger partial charge on any atom is 0.262 e. The van der Waals surface area contributed by atoms with E-state index >= 15 is 0 Å². The molecule has 0 aliphatic rings. The Labute approximate surface area is 163 Å². The van der Waals surface area contributed by atoms with Gasteiger partial charge >= 0.3 is 0 Å². The van der Waals surface area contributed by atoms with Gasteiger partial charge in [0.15, 0.2) is 5.16 Å². The number of para-hydroxylation sites is 1. The number of thiazole rings is 1. The lowest BCUT2D eigenvalue weighted by molar-refractivity contribution is 0.519. The molecule has 0 fully saturated rings. The Morgan fingerprint density at radius 1 is 1.12 bits per heavy atom. The fourth-order valence-corrected chi connectivity index (χ4v) is 5.47. The highest BCUT2D eigenvalue weighted by Gasteiger charge is 2.15. The van der Waals surface area contributed by atoms with E-state index in [9.17, 15) is 4.79 Å². The quantitative estimate of drug-likeness (QED) is 0.330. The first-order valence-corrected chi connectivity index (χ1v) is 11.0. The van der Waals surface area contributed by atoms with Crippen molar-refractivity contribution in [3.8, 4) is 9.88 Å². The molecule has 1 aromatic carbocycles. The van der Waals surface area contributed by atoms with Gasteiger partial charge in [0.05, 0.1) is 21.5 Å². The molecule has 0 spiro atoms. The van der Waals surface area contributed by atoms with Crippen molar-refractivity contribution in [3.05, 3.63) is 63.2 Å². The van der Waals surface area contributed by atoms with Gasteiger partial charge in [0, 0.05) is 17.2 Å². The summed E-state index contributed by atoms with van der Waals surface area (Å²) in [6.07, 6.45) is 0. The first-order chi connectivity index (χ1) is 12.6. The van der Waals surface area contributed by atoms with Crippen molar-refractivity contribution in [3.63, 3.8) is 0 Å². The van der Waals surface area contributed by atoms with Gasteiger partial charge in [-0.2, -0.15) is 0 Å². The molecule has 132 valence electrons. The SMILES string of the molecule is CC(C)n1c(SCc2csc(-c3cccs3)n2)nc2ccccc2c1=O. The van der Waals surface area contributed by atoms with Crippen LogP contribution in [0.25, 0.3) is 20.8 Å². The fraction of sp³-hybridized carbons (Fsp3) is 0.211. The summed E-state index contributed by atoms with van der Waals surface area (Å²) in [4.78, 5) is 23.5. The van der Waals surface area contributed by atoms with Gasteiger partial charge in [0.1, 0.15) is 5.01 Å². The number of fused-ring (bicyclic) bond motifs is 1. The van der Waals surface area contributed by atoms with Crippen molar-refractivity contribution in [1.82, 2.24) is 14.5 Å². The lowest BCUT2D eigenvalue weighted by Crippen LogP contribution is -2.25. The van der Waals surface area contributed by atoms with Gasteiger partial charge in [0.25, 0.3) is 5.56 Å². The molecular formula is C19H17N3OS3. The van der Waals surface area contributed by atoms with E-state index in [0.29, 0.717) is 11.1 Å². The third-order valence-corrected chi connectivity index (χ3v) is 6.84. The molecule has 0 bridgehead atoms. The third-order valence-electron chi connectivity index (χ3n) is 3.92. The molecule has 4 rings (SSSR count). The highest BCUT2D eigenvalue weighted by molar-refractivity contribution is 7.98. The summed E-state index contributed by atoms with van der Waals surface area (Å²) < 4.78 is 1.78. The minimum atomic E-state index is 0.0191. The molecule has 0 atom stereocenters. The first kappa shape index (κ1) is 17.5. The molecule has 0 radical (unpaired) electrons. The summed E-state index contributed by atoms with van der Waals surface area (Å²) in [6.45, 7) is 4.03. The molecule has 0 amide bonds. The standard InChI is InChI=1S/C19H17N3OS3/c1-12(2)22-18(23)14-6-3-4-7-15(14)21-19(22)26-11-13-10-25-17(20-13)16-8-5-9-24-16/h3-10,12H,11H2,1-2H3. The van der Waals surface area contributed by atoms with Crippen molar-refractivity contribution in [2.75, 3.05) is 0 Å². The van der Waals surface area contributed by atoms with Gasteiger partial charge < -0.3 is 0 Å². The average molecular weight is 400 g/mol. The summed E-state index contributed by atoms with van der Waals surface area (Å²) in [5, 5.41) is 6.60. The van der Waals surface area contributed by atoms with Gasteiger partial charge in [-0.3, -0.25) is 9.36 Å². The zero-order valence-electron chi connectivity index (χ0n) is 14.4. The number of benzene rings is 1. The zero-order chi connectivity index (χ0) is 18.1. The van der Waals surface area contributed by atoms with Crippen molar-refractivity contribution >= 4 is 45.3 Å². The monoisotopic (exact) mass is 399 g/mol. The van der Waals surface area contributed by atoms with E-state index in [2.05, 4.69) is 16.8 Å². The Balaban J connectivity index is 1.65. The lowest BCUT2D eigenvalue weighted by atomic mass is 10.2. The molecule has 0 saturated heterocycles. The summed E-state index contributed by atoms with van der Waals surface area (Å²) >= 11 is 4.92. The van der Waals surface area contributed by atoms with Crippen LogP contribution in [0.2, 0.25) is 0 Å². The van der Waals surface area contributed by atoms with Gasteiger partial charge in [-0.05, 0) is 37.4 Å². The van der Waals surface area contributed by atoms with E-state index in [4.69, 9.17) is 9.97 Å². The molecule has 4 nitrogen and oxygen atoms in total. The van der Waals surface area contributed by atoms with Crippen molar-refractivity contribution in [1.29, 1.82) is 0 Å². The summed E-state index contributed by atoms with van der Waals surface area (Å²) in [7, 11) is 0. The van der Waals surface area contributed by atoms with Gasteiger partial charge in [-0.1, -0.05) is 30.0 Å². The molecule has 0 aliphatic heterocycles. The molecule has 0 saturated carbocycles. The number of nitrogens with zero attached hydrogens (tertiary/aromatic N) is 3. The lowest BCUT2D eigenvalue weighted by Gasteiger charge is -2.15. The summed E-state index contributed by atoms with van der Waals surface area (Å²) in [5.41, 5.74) is 1.78. The Kier molecular flexibility index (Phi) is 4.93. The Bertz CT molecular complexity index is 1100. The van der Waals surface area contributed by atoms with Crippen LogP contribution in [0.1, 0.15) is 25.6 Å². The van der Waals surface area contributed by atoms with Gasteiger partial charge in [0.2, 0.25) is 0 Å². The fourth-order valence-electron chi connectivity index (χ4n) is 2.71. The Morgan fingerprint density at radius 3 is 2.73 bits per heavy atom. The smallest absolute Gasteiger partial charge is 0.262 e. The number of aromatic nitrogens is 3. The van der Waals surface area contributed by atoms with Crippen LogP contribution in [-0.4, -0.2) is 14.5 Å². The predicted octanol–water partition coefficient (Wildman–Crippen LogP) is 5.45. The van der Waals surface area contributed by atoms with E-state index in [1.807, 2.05) is 44.2 Å². The van der Waals surface area contributed by atoms with Crippen LogP contribution in [-0.2, 0) is 5.75 Å². The van der Waals surface area contributed by atoms with Crippen LogP contribution in [0.15, 0.2) is 57.1 Å². The Hall–Kier alpha value is -1.96. The maximum absolute atomic E-state index is 12.9. The number of thioether (sulfide) groups is 1. The number of rotatable bonds is 5. The van der Waals surface area contributed by atoms with Crippen LogP contribution in [0.4, 0.5) is 0 Å². The second-order valence-electron chi connectivity index (χ2n) is 6.09. The highest BCUT2D eigenvalue weighted by Crippen LogP contribution is 2.30. The molecule has 0 aliphatic carbocycles. The molecule has 0 N–H and O–H groups in total. The van der Waals surface area contributed by atoms with E-state index < -0.39 is 0 Å². The second kappa shape index (κ2) is 7.34. The largest absolute Gasteiger partial charge is 0.285 e. The van der Waals surface area contributed by atoms with E-state index in [1.54, 1.807) is 39.0 Å². The van der Waals surface area contributed by atoms with Crippen molar-refractivity contribution in [2.24, 2.45) is 0 Å². The van der Waals surface area contributed by atoms with Crippen molar-refractivity contribution < 1.29 is 0 Å². The third kappa shape index (κ3) is 3.34. The second-order valence-corrected chi connectivity index (χ2v) is 8.84. The van der Waals surface area contributed by atoms with Crippen LogP contribution < -0.4 is 5.56 Å². The summed E-state index contributed by atoms with van der Waals surface area (Å²) in [6, 6.07) is 11.7. The minimum Gasteiger partial charge on any atom is -0.285 e. The molecule has 26 heavy (non-hydrogen) atoms. The molecule has 7 heteroatoms. The van der Waals surface area contributed by atoms with Crippen LogP contribution in [0.5, 0.6) is 0 Å². The molecule has 0 unspecified atom stereocenters. The normalized spacial score (nSPS) is 11.5. The number of hydrogen-bond donors (Lipinski definition) is 0. The minimum absolute atomic E-state index is 0.0191. The number of hydrogen-bond acceptors (Lipinski definition) is 6. The molecule has 3 aromatic heterocycles.